The average molecular weight is 344 g/mol. The summed E-state index contributed by atoms with van der Waals surface area (Å²) in [6.45, 7) is 1.91. The Bertz CT molecular complexity index is 621. The highest BCUT2D eigenvalue weighted by Gasteiger charge is 2.45. The smallest absolute Gasteiger partial charge is 0.275 e. The van der Waals surface area contributed by atoms with Crippen molar-refractivity contribution in [3.63, 3.8) is 0 Å². The van der Waals surface area contributed by atoms with Crippen LogP contribution in [0.4, 0.5) is 24.5 Å². The molecule has 0 bridgehead atoms. The molecule has 1 aromatic carbocycles. The van der Waals surface area contributed by atoms with E-state index in [9.17, 15) is 23.3 Å². The number of hydrogen-bond donors (Lipinski definition) is 1. The van der Waals surface area contributed by atoms with Gasteiger partial charge in [-0.1, -0.05) is 0 Å². The molecule has 2 aliphatic rings. The molecule has 1 N–H and O–H groups in total. The molecule has 0 spiro atoms. The first-order valence-electron chi connectivity index (χ1n) is 7.90. The molecule has 0 radical (unpaired) electrons. The van der Waals surface area contributed by atoms with Gasteiger partial charge in [0, 0.05) is 32.2 Å². The van der Waals surface area contributed by atoms with Crippen molar-refractivity contribution in [2.24, 2.45) is 0 Å². The molecular weight excluding hydrogens is 325 g/mol. The summed E-state index contributed by atoms with van der Waals surface area (Å²) in [5, 5.41) is 13.4. The fourth-order valence-corrected chi connectivity index (χ4v) is 3.41. The van der Waals surface area contributed by atoms with Gasteiger partial charge in [0.25, 0.3) is 11.6 Å². The molecule has 2 heterocycles. The predicted molar refractivity (Wildman–Crippen MR) is 83.1 cm³/mol. The van der Waals surface area contributed by atoms with Gasteiger partial charge in [-0.3, -0.25) is 15.0 Å². The molecular formula is C15H19F3N4O2. The number of halogens is 3. The number of hydrogen-bond acceptors (Lipinski definition) is 5. The quantitative estimate of drug-likeness (QED) is 0.670. The summed E-state index contributed by atoms with van der Waals surface area (Å²) in [6, 6.07) is 2.74. The van der Waals surface area contributed by atoms with Crippen LogP contribution in [0.3, 0.4) is 0 Å². The second-order valence-corrected chi connectivity index (χ2v) is 6.16. The summed E-state index contributed by atoms with van der Waals surface area (Å²) in [5.41, 5.74) is -0.0263. The Labute approximate surface area is 137 Å². The van der Waals surface area contributed by atoms with Gasteiger partial charge in [0.1, 0.15) is 0 Å². The topological polar surface area (TPSA) is 61.7 Å². The summed E-state index contributed by atoms with van der Waals surface area (Å²) in [5.74, 6) is -3.43. The molecule has 0 unspecified atom stereocenters. The normalized spacial score (nSPS) is 24.8. The zero-order valence-electron chi connectivity index (χ0n) is 13.1. The second-order valence-electron chi connectivity index (χ2n) is 6.16. The Hall–Kier alpha value is -1.87. The monoisotopic (exact) mass is 344 g/mol. The van der Waals surface area contributed by atoms with Crippen LogP contribution in [-0.4, -0.2) is 61.1 Å². The number of piperazine rings is 1. The largest absolute Gasteiger partial charge is 0.367 e. The van der Waals surface area contributed by atoms with Crippen molar-refractivity contribution in [2.75, 3.05) is 44.2 Å². The van der Waals surface area contributed by atoms with Gasteiger partial charge in [-0.2, -0.15) is 0 Å². The van der Waals surface area contributed by atoms with Crippen molar-refractivity contribution in [1.29, 1.82) is 0 Å². The van der Waals surface area contributed by atoms with E-state index in [0.717, 1.165) is 6.07 Å². The zero-order valence-corrected chi connectivity index (χ0v) is 13.1. The van der Waals surface area contributed by atoms with E-state index < -0.39 is 22.7 Å². The highest BCUT2D eigenvalue weighted by Crippen LogP contribution is 2.30. The van der Waals surface area contributed by atoms with Crippen LogP contribution in [0.25, 0.3) is 0 Å². The number of piperidine rings is 1. The number of benzene rings is 1. The highest BCUT2D eigenvalue weighted by molar-refractivity contribution is 5.52. The zero-order chi connectivity index (χ0) is 17.3. The maximum atomic E-state index is 14.1. The van der Waals surface area contributed by atoms with E-state index in [-0.39, 0.29) is 17.9 Å². The standard InChI is InChI=1S/C15H19F3N4O2/c16-12-9-11(22(23)24)1-2-13(12)20-5-7-21(8-6-20)14-3-4-19-10-15(14,17)18/h1-2,9,14,19H,3-8,10H2/t14-/m1/s1. The number of nitrogens with one attached hydrogen (secondary N) is 1. The van der Waals surface area contributed by atoms with Gasteiger partial charge in [-0.25, -0.2) is 13.2 Å². The molecule has 0 saturated carbocycles. The minimum atomic E-state index is -2.76. The van der Waals surface area contributed by atoms with Crippen LogP contribution in [0.5, 0.6) is 0 Å². The molecule has 0 amide bonds. The molecule has 9 heteroatoms. The lowest BCUT2D eigenvalue weighted by molar-refractivity contribution is -0.385. The Morgan fingerprint density at radius 2 is 1.96 bits per heavy atom. The first-order chi connectivity index (χ1) is 11.4. The van der Waals surface area contributed by atoms with Crippen LogP contribution in [0.2, 0.25) is 0 Å². The average Bonchev–Trinajstić information content (AvgIpc) is 2.54. The number of anilines is 1. The number of nitro benzene ring substituents is 1. The predicted octanol–water partition coefficient (Wildman–Crippen LogP) is 1.85. The fraction of sp³-hybridized carbons (Fsp3) is 0.600. The van der Waals surface area contributed by atoms with Gasteiger partial charge >= 0.3 is 0 Å². The molecule has 1 aromatic rings. The van der Waals surface area contributed by atoms with Gasteiger partial charge in [0.15, 0.2) is 5.82 Å². The summed E-state index contributed by atoms with van der Waals surface area (Å²) < 4.78 is 42.1. The SMILES string of the molecule is O=[N+]([O-])c1ccc(N2CCN([C@@H]3CCNCC3(F)F)CC2)c(F)c1. The van der Waals surface area contributed by atoms with Crippen molar-refractivity contribution in [1.82, 2.24) is 10.2 Å². The van der Waals surface area contributed by atoms with Gasteiger partial charge in [0.05, 0.1) is 29.3 Å². The number of rotatable bonds is 3. The third-order valence-electron chi connectivity index (χ3n) is 4.68. The number of non-ortho nitro benzene ring substituents is 1. The first kappa shape index (κ1) is 17.0. The lowest BCUT2D eigenvalue weighted by atomic mass is 9.99. The van der Waals surface area contributed by atoms with Crippen LogP contribution in [0, 0.1) is 15.9 Å². The Morgan fingerprint density at radius 3 is 2.54 bits per heavy atom. The molecule has 1 atom stereocenters. The molecule has 24 heavy (non-hydrogen) atoms. The lowest BCUT2D eigenvalue weighted by Crippen LogP contribution is -2.61. The van der Waals surface area contributed by atoms with E-state index in [4.69, 9.17) is 0 Å². The number of nitrogens with zero attached hydrogens (tertiary/aromatic N) is 3. The lowest BCUT2D eigenvalue weighted by Gasteiger charge is -2.44. The van der Waals surface area contributed by atoms with Crippen molar-refractivity contribution in [2.45, 2.75) is 18.4 Å². The summed E-state index contributed by atoms with van der Waals surface area (Å²) in [4.78, 5) is 13.5. The minimum absolute atomic E-state index is 0.275. The van der Waals surface area contributed by atoms with Crippen molar-refractivity contribution in [3.05, 3.63) is 34.1 Å². The van der Waals surface area contributed by atoms with Crippen LogP contribution in [0.1, 0.15) is 6.42 Å². The van der Waals surface area contributed by atoms with Crippen molar-refractivity contribution >= 4 is 11.4 Å². The van der Waals surface area contributed by atoms with E-state index in [1.807, 2.05) is 0 Å². The second kappa shape index (κ2) is 6.56. The third-order valence-corrected chi connectivity index (χ3v) is 4.68. The van der Waals surface area contributed by atoms with Crippen molar-refractivity contribution in [3.8, 4) is 0 Å². The van der Waals surface area contributed by atoms with Gasteiger partial charge < -0.3 is 10.2 Å². The summed E-state index contributed by atoms with van der Waals surface area (Å²) in [6.07, 6.45) is 0.388. The Kier molecular flexibility index (Phi) is 4.64. The Balaban J connectivity index is 1.66. The van der Waals surface area contributed by atoms with Crippen LogP contribution in [-0.2, 0) is 0 Å². The minimum Gasteiger partial charge on any atom is -0.367 e. The summed E-state index contributed by atoms with van der Waals surface area (Å²) >= 11 is 0. The molecule has 0 aliphatic carbocycles. The molecule has 2 fully saturated rings. The van der Waals surface area contributed by atoms with E-state index in [1.165, 1.54) is 12.1 Å². The maximum absolute atomic E-state index is 14.1. The molecule has 2 saturated heterocycles. The van der Waals surface area contributed by atoms with E-state index >= 15 is 0 Å². The van der Waals surface area contributed by atoms with Crippen LogP contribution < -0.4 is 10.2 Å². The van der Waals surface area contributed by atoms with E-state index in [1.54, 1.807) is 9.80 Å². The number of alkyl halides is 2. The fourth-order valence-electron chi connectivity index (χ4n) is 3.41. The molecule has 3 rings (SSSR count). The Morgan fingerprint density at radius 1 is 1.25 bits per heavy atom. The van der Waals surface area contributed by atoms with E-state index in [2.05, 4.69) is 5.32 Å². The van der Waals surface area contributed by atoms with Crippen LogP contribution >= 0.6 is 0 Å². The molecule has 0 aromatic heterocycles. The number of nitro groups is 1. The van der Waals surface area contributed by atoms with Crippen LogP contribution in [0.15, 0.2) is 18.2 Å². The molecule has 2 aliphatic heterocycles. The van der Waals surface area contributed by atoms with Gasteiger partial charge in [-0.15, -0.1) is 0 Å². The summed E-state index contributed by atoms with van der Waals surface area (Å²) in [7, 11) is 0. The van der Waals surface area contributed by atoms with Gasteiger partial charge in [-0.05, 0) is 19.0 Å². The third kappa shape index (κ3) is 3.32. The van der Waals surface area contributed by atoms with Gasteiger partial charge in [0.2, 0.25) is 0 Å². The molecule has 132 valence electrons. The first-order valence-corrected chi connectivity index (χ1v) is 7.90. The molecule has 6 nitrogen and oxygen atoms in total. The highest BCUT2D eigenvalue weighted by atomic mass is 19.3. The maximum Gasteiger partial charge on any atom is 0.275 e. The van der Waals surface area contributed by atoms with E-state index in [0.29, 0.717) is 39.1 Å². The van der Waals surface area contributed by atoms with Crippen molar-refractivity contribution < 1.29 is 18.1 Å².